The third kappa shape index (κ3) is 3.91. The quantitative estimate of drug-likeness (QED) is 0.687. The molecule has 0 radical (unpaired) electrons. The summed E-state index contributed by atoms with van der Waals surface area (Å²) in [5.74, 6) is 1.29. The Balaban J connectivity index is 2.29. The van der Waals surface area contributed by atoms with Crippen LogP contribution < -0.4 is 5.73 Å². The van der Waals surface area contributed by atoms with E-state index in [-0.39, 0.29) is 0 Å². The molecular weight excluding hydrogens is 186 g/mol. The zero-order chi connectivity index (χ0) is 9.73. The van der Waals surface area contributed by atoms with Crippen LogP contribution >= 0.6 is 0 Å². The molecule has 1 aliphatic heterocycles. The van der Waals surface area contributed by atoms with E-state index in [1.807, 2.05) is 6.08 Å². The molecule has 0 amide bonds. The SMILES string of the molecule is NC/C=C\CC1CCS(=O)(=O)CC1. The van der Waals surface area contributed by atoms with Crippen LogP contribution in [0.5, 0.6) is 0 Å². The largest absolute Gasteiger partial charge is 0.327 e. The van der Waals surface area contributed by atoms with Crippen LogP contribution in [0.15, 0.2) is 12.2 Å². The van der Waals surface area contributed by atoms with Gasteiger partial charge >= 0.3 is 0 Å². The Bertz CT molecular complexity index is 255. The fourth-order valence-corrected chi connectivity index (χ4v) is 3.15. The van der Waals surface area contributed by atoms with Crippen LogP contribution in [0.1, 0.15) is 19.3 Å². The lowest BCUT2D eigenvalue weighted by Crippen LogP contribution is -2.22. The van der Waals surface area contributed by atoms with Crippen LogP contribution in [-0.4, -0.2) is 26.5 Å². The van der Waals surface area contributed by atoms with Crippen LogP contribution in [0.25, 0.3) is 0 Å². The number of hydrogen-bond acceptors (Lipinski definition) is 3. The summed E-state index contributed by atoms with van der Waals surface area (Å²) in [6.45, 7) is 0.574. The van der Waals surface area contributed by atoms with Crippen molar-refractivity contribution >= 4 is 9.84 Å². The highest BCUT2D eigenvalue weighted by Gasteiger charge is 2.22. The molecule has 0 saturated carbocycles. The van der Waals surface area contributed by atoms with Gasteiger partial charge in [0, 0.05) is 6.54 Å². The fraction of sp³-hybridized carbons (Fsp3) is 0.778. The predicted molar refractivity (Wildman–Crippen MR) is 54.2 cm³/mol. The van der Waals surface area contributed by atoms with Gasteiger partial charge in [-0.2, -0.15) is 0 Å². The molecule has 1 fully saturated rings. The van der Waals surface area contributed by atoms with Gasteiger partial charge in [0.2, 0.25) is 0 Å². The first kappa shape index (κ1) is 10.7. The van der Waals surface area contributed by atoms with E-state index in [2.05, 4.69) is 6.08 Å². The highest BCUT2D eigenvalue weighted by Crippen LogP contribution is 2.21. The summed E-state index contributed by atoms with van der Waals surface area (Å²) < 4.78 is 22.2. The maximum absolute atomic E-state index is 11.1. The van der Waals surface area contributed by atoms with Gasteiger partial charge < -0.3 is 5.73 Å². The second-order valence-corrected chi connectivity index (χ2v) is 5.84. The minimum Gasteiger partial charge on any atom is -0.327 e. The molecule has 0 atom stereocenters. The Morgan fingerprint density at radius 2 is 1.85 bits per heavy atom. The first-order valence-corrected chi connectivity index (χ1v) is 6.51. The summed E-state index contributed by atoms with van der Waals surface area (Å²) in [5, 5.41) is 0. The molecular formula is C9H17NO2S. The van der Waals surface area contributed by atoms with E-state index in [1.54, 1.807) is 0 Å². The van der Waals surface area contributed by atoms with Crippen LogP contribution in [0.3, 0.4) is 0 Å². The van der Waals surface area contributed by atoms with Gasteiger partial charge in [0.05, 0.1) is 11.5 Å². The molecule has 76 valence electrons. The number of rotatable bonds is 3. The highest BCUT2D eigenvalue weighted by molar-refractivity contribution is 7.91. The standard InChI is InChI=1S/C9H17NO2S/c10-6-2-1-3-9-4-7-13(11,12)8-5-9/h1-2,9H,3-8,10H2/b2-1-. The lowest BCUT2D eigenvalue weighted by molar-refractivity contribution is 0.469. The molecule has 0 aromatic carbocycles. The van der Waals surface area contributed by atoms with Crippen molar-refractivity contribution in [2.45, 2.75) is 19.3 Å². The predicted octanol–water partition coefficient (Wildman–Crippen LogP) is 0.716. The number of nitrogens with two attached hydrogens (primary N) is 1. The molecule has 4 heteroatoms. The van der Waals surface area contributed by atoms with Gasteiger partial charge in [0.15, 0.2) is 0 Å². The molecule has 0 aliphatic carbocycles. The number of allylic oxidation sites excluding steroid dienone is 1. The second kappa shape index (κ2) is 4.77. The summed E-state index contributed by atoms with van der Waals surface area (Å²) in [4.78, 5) is 0. The molecule has 2 N–H and O–H groups in total. The Labute approximate surface area is 79.9 Å². The van der Waals surface area contributed by atoms with Crippen LogP contribution in [0.2, 0.25) is 0 Å². The second-order valence-electron chi connectivity index (χ2n) is 3.54. The average Bonchev–Trinajstić information content (AvgIpc) is 2.08. The van der Waals surface area contributed by atoms with Crippen molar-refractivity contribution < 1.29 is 8.42 Å². The number of sulfone groups is 1. The van der Waals surface area contributed by atoms with Crippen molar-refractivity contribution in [1.29, 1.82) is 0 Å². The normalized spacial score (nSPS) is 23.8. The van der Waals surface area contributed by atoms with Gasteiger partial charge in [-0.25, -0.2) is 8.42 Å². The molecule has 0 bridgehead atoms. The third-order valence-corrected chi connectivity index (χ3v) is 4.16. The van der Waals surface area contributed by atoms with Crippen LogP contribution in [-0.2, 0) is 9.84 Å². The third-order valence-electron chi connectivity index (χ3n) is 2.45. The monoisotopic (exact) mass is 203 g/mol. The Hall–Kier alpha value is -0.350. The van der Waals surface area contributed by atoms with Crippen molar-refractivity contribution in [1.82, 2.24) is 0 Å². The highest BCUT2D eigenvalue weighted by atomic mass is 32.2. The molecule has 1 rings (SSSR count). The Morgan fingerprint density at radius 1 is 1.23 bits per heavy atom. The topological polar surface area (TPSA) is 60.2 Å². The molecule has 13 heavy (non-hydrogen) atoms. The van der Waals surface area contributed by atoms with Gasteiger partial charge in [0.25, 0.3) is 0 Å². The Morgan fingerprint density at radius 3 is 2.38 bits per heavy atom. The maximum atomic E-state index is 11.1. The number of hydrogen-bond donors (Lipinski definition) is 1. The zero-order valence-electron chi connectivity index (χ0n) is 7.78. The first-order valence-electron chi connectivity index (χ1n) is 4.69. The summed E-state index contributed by atoms with van der Waals surface area (Å²) in [5.41, 5.74) is 5.30. The molecule has 0 unspecified atom stereocenters. The molecule has 1 saturated heterocycles. The molecule has 1 heterocycles. The summed E-state index contributed by atoms with van der Waals surface area (Å²) >= 11 is 0. The maximum Gasteiger partial charge on any atom is 0.150 e. The van der Waals surface area contributed by atoms with E-state index in [4.69, 9.17) is 5.73 Å². The lowest BCUT2D eigenvalue weighted by atomic mass is 9.99. The van der Waals surface area contributed by atoms with Crippen LogP contribution in [0.4, 0.5) is 0 Å². The molecule has 1 aliphatic rings. The summed E-state index contributed by atoms with van der Waals surface area (Å²) in [6, 6.07) is 0. The van der Waals surface area contributed by atoms with Gasteiger partial charge in [-0.05, 0) is 25.2 Å². The molecule has 0 aromatic rings. The van der Waals surface area contributed by atoms with Crippen molar-refractivity contribution in [2.24, 2.45) is 11.7 Å². The van der Waals surface area contributed by atoms with Crippen molar-refractivity contribution in [3.63, 3.8) is 0 Å². The summed E-state index contributed by atoms with van der Waals surface area (Å²) in [7, 11) is -2.70. The molecule has 3 nitrogen and oxygen atoms in total. The van der Waals surface area contributed by atoms with Gasteiger partial charge in [-0.15, -0.1) is 0 Å². The van der Waals surface area contributed by atoms with Gasteiger partial charge in [-0.3, -0.25) is 0 Å². The van der Waals surface area contributed by atoms with Crippen molar-refractivity contribution in [3.8, 4) is 0 Å². The van der Waals surface area contributed by atoms with E-state index < -0.39 is 9.84 Å². The minimum atomic E-state index is -2.70. The van der Waals surface area contributed by atoms with E-state index in [9.17, 15) is 8.42 Å². The van der Waals surface area contributed by atoms with Crippen LogP contribution in [0, 0.1) is 5.92 Å². The van der Waals surface area contributed by atoms with E-state index in [1.165, 1.54) is 0 Å². The molecule has 0 aromatic heterocycles. The average molecular weight is 203 g/mol. The van der Waals surface area contributed by atoms with Gasteiger partial charge in [0.1, 0.15) is 9.84 Å². The lowest BCUT2D eigenvalue weighted by Gasteiger charge is -2.20. The van der Waals surface area contributed by atoms with E-state index in [0.29, 0.717) is 24.0 Å². The van der Waals surface area contributed by atoms with Crippen molar-refractivity contribution in [3.05, 3.63) is 12.2 Å². The smallest absolute Gasteiger partial charge is 0.150 e. The fourth-order valence-electron chi connectivity index (χ4n) is 1.56. The molecule has 0 spiro atoms. The van der Waals surface area contributed by atoms with E-state index >= 15 is 0 Å². The first-order chi connectivity index (χ1) is 6.14. The minimum absolute atomic E-state index is 0.369. The van der Waals surface area contributed by atoms with Crippen molar-refractivity contribution in [2.75, 3.05) is 18.1 Å². The van der Waals surface area contributed by atoms with E-state index in [0.717, 1.165) is 19.3 Å². The Kier molecular flexibility index (Phi) is 3.93. The summed E-state index contributed by atoms with van der Waals surface area (Å²) in [6.07, 6.45) is 6.60. The van der Waals surface area contributed by atoms with Gasteiger partial charge in [-0.1, -0.05) is 12.2 Å². The zero-order valence-corrected chi connectivity index (χ0v) is 8.59.